The number of ether oxygens (including phenoxy) is 1. The second-order valence-electron chi connectivity index (χ2n) is 8.37. The van der Waals surface area contributed by atoms with Gasteiger partial charge in [0.2, 0.25) is 5.79 Å². The molecule has 5 N–H and O–H groups in total. The van der Waals surface area contributed by atoms with Crippen molar-refractivity contribution in [3.8, 4) is 5.75 Å². The number of methoxy groups -OCH3 is 1. The van der Waals surface area contributed by atoms with E-state index >= 15 is 0 Å². The van der Waals surface area contributed by atoms with E-state index in [4.69, 9.17) is 15.5 Å². The van der Waals surface area contributed by atoms with Gasteiger partial charge in [0, 0.05) is 25.0 Å². The maximum absolute atomic E-state index is 6.93. The Hall–Kier alpha value is -3.29. The normalized spacial score (nSPS) is 20.3. The molecular formula is C24H28N6O. The van der Waals surface area contributed by atoms with E-state index in [9.17, 15) is 0 Å². The van der Waals surface area contributed by atoms with Gasteiger partial charge in [0.15, 0.2) is 0 Å². The molecule has 0 spiro atoms. The molecule has 5 rings (SSSR count). The maximum atomic E-state index is 6.93. The minimum Gasteiger partial charge on any atom is -0.496 e. The number of amidine groups is 1. The molecule has 3 aromatic rings. The number of nitrogens with one attached hydrogen (secondary N) is 3. The summed E-state index contributed by atoms with van der Waals surface area (Å²) in [4.78, 5) is 10.5. The molecule has 2 aliphatic heterocycles. The monoisotopic (exact) mass is 416 g/mol. The molecule has 7 nitrogen and oxygen atoms in total. The lowest BCUT2D eigenvalue weighted by Crippen LogP contribution is -2.47. The number of nitrogens with zero attached hydrogens (tertiary/aromatic N) is 2. The molecule has 0 fully saturated rings. The Morgan fingerprint density at radius 1 is 1.19 bits per heavy atom. The molecule has 3 heterocycles. The van der Waals surface area contributed by atoms with E-state index in [2.05, 4.69) is 52.7 Å². The number of nitrogens with two attached hydrogens (primary N) is 1. The van der Waals surface area contributed by atoms with Crippen LogP contribution in [0.5, 0.6) is 5.75 Å². The van der Waals surface area contributed by atoms with E-state index in [1.54, 1.807) is 7.11 Å². The molecule has 0 bridgehead atoms. The zero-order chi connectivity index (χ0) is 21.6. The topological polar surface area (TPSA) is 90.7 Å². The van der Waals surface area contributed by atoms with Gasteiger partial charge in [0.1, 0.15) is 17.4 Å². The largest absolute Gasteiger partial charge is 0.496 e. The van der Waals surface area contributed by atoms with Crippen molar-refractivity contribution in [3.05, 3.63) is 76.5 Å². The molecular weight excluding hydrogens is 388 g/mol. The molecule has 7 heteroatoms. The minimum atomic E-state index is -1.18. The number of anilines is 2. The van der Waals surface area contributed by atoms with Gasteiger partial charge in [0.25, 0.3) is 0 Å². The third kappa shape index (κ3) is 3.45. The van der Waals surface area contributed by atoms with Gasteiger partial charge in [-0.05, 0) is 61.3 Å². The summed E-state index contributed by atoms with van der Waals surface area (Å²) < 4.78 is 5.77. The van der Waals surface area contributed by atoms with Gasteiger partial charge < -0.3 is 25.3 Å². The van der Waals surface area contributed by atoms with Crippen LogP contribution >= 0.6 is 0 Å². The predicted octanol–water partition coefficient (Wildman–Crippen LogP) is 3.37. The first kappa shape index (κ1) is 19.7. The van der Waals surface area contributed by atoms with E-state index in [1.165, 1.54) is 11.1 Å². The first-order chi connectivity index (χ1) is 15.0. The Kier molecular flexibility index (Phi) is 4.72. The van der Waals surface area contributed by atoms with E-state index in [0.717, 1.165) is 53.5 Å². The number of para-hydroxylation sites is 1. The fraction of sp³-hybridized carbons (Fsp3) is 0.292. The van der Waals surface area contributed by atoms with E-state index in [1.807, 2.05) is 30.5 Å². The standard InChI is InChI=1S/C24H28N6O/c1-15-6-4-5-7-20(15)27-23-18-8-10-26-22(18)28-24(25,29-23)19-12-17-14-30(2)11-9-16(17)13-21(19)31-3/h4-8,10,12-13,26,28H,9,11,14,25H2,1-3H3,(H,27,29). The summed E-state index contributed by atoms with van der Waals surface area (Å²) >= 11 is 0. The van der Waals surface area contributed by atoms with Crippen molar-refractivity contribution in [2.75, 3.05) is 31.3 Å². The van der Waals surface area contributed by atoms with Crippen LogP contribution in [0.4, 0.5) is 11.5 Å². The highest BCUT2D eigenvalue weighted by atomic mass is 16.5. The van der Waals surface area contributed by atoms with E-state index in [0.29, 0.717) is 5.84 Å². The van der Waals surface area contributed by atoms with Crippen LogP contribution in [0.3, 0.4) is 0 Å². The summed E-state index contributed by atoms with van der Waals surface area (Å²) in [5.41, 5.74) is 13.4. The van der Waals surface area contributed by atoms with Crippen molar-refractivity contribution in [1.29, 1.82) is 0 Å². The Labute approximate surface area is 182 Å². The molecule has 0 saturated heterocycles. The number of aromatic amines is 1. The van der Waals surface area contributed by atoms with Gasteiger partial charge in [0.05, 0.1) is 18.2 Å². The molecule has 31 heavy (non-hydrogen) atoms. The van der Waals surface area contributed by atoms with Crippen molar-refractivity contribution >= 4 is 17.3 Å². The maximum Gasteiger partial charge on any atom is 0.216 e. The number of aryl methyl sites for hydroxylation is 1. The van der Waals surface area contributed by atoms with Crippen molar-refractivity contribution in [2.45, 2.75) is 25.7 Å². The van der Waals surface area contributed by atoms with Gasteiger partial charge in [-0.25, -0.2) is 4.99 Å². The van der Waals surface area contributed by atoms with Gasteiger partial charge in [-0.2, -0.15) is 0 Å². The van der Waals surface area contributed by atoms with Gasteiger partial charge in [-0.3, -0.25) is 5.73 Å². The van der Waals surface area contributed by atoms with Crippen molar-refractivity contribution in [3.63, 3.8) is 0 Å². The summed E-state index contributed by atoms with van der Waals surface area (Å²) in [6, 6.07) is 14.4. The molecule has 160 valence electrons. The lowest BCUT2D eigenvalue weighted by Gasteiger charge is -2.35. The van der Waals surface area contributed by atoms with Crippen LogP contribution in [0.1, 0.15) is 27.8 Å². The fourth-order valence-corrected chi connectivity index (χ4v) is 4.38. The van der Waals surface area contributed by atoms with E-state index in [-0.39, 0.29) is 0 Å². The Morgan fingerprint density at radius 3 is 2.84 bits per heavy atom. The van der Waals surface area contributed by atoms with Crippen molar-refractivity contribution in [1.82, 2.24) is 9.88 Å². The highest BCUT2D eigenvalue weighted by molar-refractivity contribution is 6.12. The number of H-pyrrole nitrogens is 1. The number of fused-ring (bicyclic) bond motifs is 2. The molecule has 2 aliphatic rings. The first-order valence-electron chi connectivity index (χ1n) is 10.5. The van der Waals surface area contributed by atoms with Crippen LogP contribution in [0.15, 0.2) is 53.7 Å². The van der Waals surface area contributed by atoms with Crippen LogP contribution in [-0.2, 0) is 18.8 Å². The van der Waals surface area contributed by atoms with E-state index < -0.39 is 5.79 Å². The zero-order valence-electron chi connectivity index (χ0n) is 18.1. The fourth-order valence-electron chi connectivity index (χ4n) is 4.38. The number of benzene rings is 2. The first-order valence-corrected chi connectivity index (χ1v) is 10.5. The second kappa shape index (κ2) is 7.44. The molecule has 2 aromatic carbocycles. The molecule has 1 unspecified atom stereocenters. The number of aliphatic imine (C=N–C) groups is 1. The molecule has 0 saturated carbocycles. The summed E-state index contributed by atoms with van der Waals surface area (Å²) in [5.74, 6) is 1.10. The molecule has 1 aromatic heterocycles. The van der Waals surface area contributed by atoms with Crippen LogP contribution < -0.4 is 21.1 Å². The van der Waals surface area contributed by atoms with Gasteiger partial charge >= 0.3 is 0 Å². The summed E-state index contributed by atoms with van der Waals surface area (Å²) in [5, 5.41) is 6.88. The van der Waals surface area contributed by atoms with Gasteiger partial charge in [-0.15, -0.1) is 0 Å². The number of rotatable bonds is 3. The van der Waals surface area contributed by atoms with Crippen LogP contribution in [0, 0.1) is 6.92 Å². The third-order valence-electron chi connectivity index (χ3n) is 6.14. The Balaban J connectivity index is 1.62. The number of aromatic nitrogens is 1. The summed E-state index contributed by atoms with van der Waals surface area (Å²) in [7, 11) is 3.82. The lowest BCUT2D eigenvalue weighted by molar-refractivity contribution is 0.310. The number of hydrogen-bond acceptors (Lipinski definition) is 6. The second-order valence-corrected chi connectivity index (χ2v) is 8.37. The minimum absolute atomic E-state index is 0.712. The molecule has 0 aliphatic carbocycles. The quantitative estimate of drug-likeness (QED) is 0.526. The van der Waals surface area contributed by atoms with Crippen molar-refractivity contribution < 1.29 is 4.74 Å². The average molecular weight is 417 g/mol. The van der Waals surface area contributed by atoms with Crippen molar-refractivity contribution in [2.24, 2.45) is 10.7 Å². The zero-order valence-corrected chi connectivity index (χ0v) is 18.1. The average Bonchev–Trinajstić information content (AvgIpc) is 3.22. The third-order valence-corrected chi connectivity index (χ3v) is 6.14. The van der Waals surface area contributed by atoms with Crippen LogP contribution in [0.2, 0.25) is 0 Å². The SMILES string of the molecule is COc1cc2c(cc1C1(N)N=C(Nc3ccccc3C)c3cc[nH]c3N1)CN(C)CC2. The van der Waals surface area contributed by atoms with Crippen LogP contribution in [0.25, 0.3) is 0 Å². The smallest absolute Gasteiger partial charge is 0.216 e. The number of likely N-dealkylation sites (N-methyl/N-ethyl adjacent to an activating group) is 1. The lowest BCUT2D eigenvalue weighted by atomic mass is 9.93. The molecule has 0 amide bonds. The molecule has 0 radical (unpaired) electrons. The highest BCUT2D eigenvalue weighted by Crippen LogP contribution is 2.38. The predicted molar refractivity (Wildman–Crippen MR) is 125 cm³/mol. The van der Waals surface area contributed by atoms with Crippen LogP contribution in [-0.4, -0.2) is 36.4 Å². The Morgan fingerprint density at radius 2 is 2.03 bits per heavy atom. The van der Waals surface area contributed by atoms with Gasteiger partial charge in [-0.1, -0.05) is 18.2 Å². The summed E-state index contributed by atoms with van der Waals surface area (Å²) in [6.45, 7) is 3.99. The highest BCUT2D eigenvalue weighted by Gasteiger charge is 2.37. The Bertz CT molecular complexity index is 1170. The molecule has 1 atom stereocenters. The summed E-state index contributed by atoms with van der Waals surface area (Å²) in [6.07, 6.45) is 2.88. The number of hydrogen-bond donors (Lipinski definition) is 4.